The molecule has 10 heteroatoms. The third kappa shape index (κ3) is 4.20. The van der Waals surface area contributed by atoms with Gasteiger partial charge in [-0.05, 0) is 31.5 Å². The van der Waals surface area contributed by atoms with Gasteiger partial charge in [-0.1, -0.05) is 23.2 Å². The molecule has 1 saturated heterocycles. The van der Waals surface area contributed by atoms with Gasteiger partial charge in [0.15, 0.2) is 0 Å². The molecule has 7 nitrogen and oxygen atoms in total. The second kappa shape index (κ2) is 8.02. The number of halogens is 2. The quantitative estimate of drug-likeness (QED) is 0.723. The lowest BCUT2D eigenvalue weighted by atomic mass is 10.2. The lowest BCUT2D eigenvalue weighted by Crippen LogP contribution is -2.49. The zero-order valence-corrected chi connectivity index (χ0v) is 18.6. The van der Waals surface area contributed by atoms with Crippen molar-refractivity contribution in [3.63, 3.8) is 0 Å². The standard InChI is InChI=1S/C18H23Cl2N5O2S/c1-12-9-16(15(20)11-14(12)19)28(26,27)25-7-5-24(6-8-25)18-21-13(2)10-17(22-18)23(3)4/h9-11H,5-8H2,1-4H3. The average Bonchev–Trinajstić information content (AvgIpc) is 2.64. The summed E-state index contributed by atoms with van der Waals surface area (Å²) in [6, 6.07) is 4.92. The van der Waals surface area contributed by atoms with Crippen LogP contribution in [0.5, 0.6) is 0 Å². The summed E-state index contributed by atoms with van der Waals surface area (Å²) in [5.74, 6) is 1.43. The summed E-state index contributed by atoms with van der Waals surface area (Å²) < 4.78 is 27.6. The van der Waals surface area contributed by atoms with Crippen LogP contribution < -0.4 is 9.80 Å². The van der Waals surface area contributed by atoms with E-state index in [0.717, 1.165) is 11.5 Å². The van der Waals surface area contributed by atoms with Gasteiger partial charge >= 0.3 is 0 Å². The molecule has 0 spiro atoms. The largest absolute Gasteiger partial charge is 0.363 e. The zero-order valence-electron chi connectivity index (χ0n) is 16.3. The van der Waals surface area contributed by atoms with E-state index in [1.807, 2.05) is 36.9 Å². The highest BCUT2D eigenvalue weighted by Crippen LogP contribution is 2.31. The number of hydrogen-bond donors (Lipinski definition) is 0. The highest BCUT2D eigenvalue weighted by atomic mass is 35.5. The molecule has 28 heavy (non-hydrogen) atoms. The number of sulfonamides is 1. The number of aryl methyl sites for hydroxylation is 2. The number of nitrogens with zero attached hydrogens (tertiary/aromatic N) is 5. The molecule has 0 amide bonds. The molecular weight excluding hydrogens is 421 g/mol. The van der Waals surface area contributed by atoms with E-state index < -0.39 is 10.0 Å². The van der Waals surface area contributed by atoms with Gasteiger partial charge in [0.2, 0.25) is 16.0 Å². The number of anilines is 2. The van der Waals surface area contributed by atoms with Gasteiger partial charge in [0.25, 0.3) is 0 Å². The Balaban J connectivity index is 1.79. The van der Waals surface area contributed by atoms with Crippen molar-refractivity contribution in [3.8, 4) is 0 Å². The van der Waals surface area contributed by atoms with E-state index in [9.17, 15) is 8.42 Å². The fourth-order valence-corrected chi connectivity index (χ4v) is 5.23. The number of hydrogen-bond acceptors (Lipinski definition) is 6. The molecule has 152 valence electrons. The molecular formula is C18H23Cl2N5O2S. The number of benzene rings is 1. The summed E-state index contributed by atoms with van der Waals surface area (Å²) in [5, 5.41) is 0.581. The molecule has 0 unspecified atom stereocenters. The van der Waals surface area contributed by atoms with Crippen molar-refractivity contribution in [1.29, 1.82) is 0 Å². The predicted octanol–water partition coefficient (Wildman–Crippen LogP) is 2.98. The van der Waals surface area contributed by atoms with Gasteiger partial charge in [-0.15, -0.1) is 0 Å². The molecule has 1 aromatic carbocycles. The van der Waals surface area contributed by atoms with Gasteiger partial charge < -0.3 is 9.80 Å². The van der Waals surface area contributed by atoms with E-state index in [-0.39, 0.29) is 9.92 Å². The van der Waals surface area contributed by atoms with Gasteiger partial charge in [0, 0.05) is 57.1 Å². The van der Waals surface area contributed by atoms with E-state index >= 15 is 0 Å². The van der Waals surface area contributed by atoms with Crippen molar-refractivity contribution >= 4 is 45.0 Å². The summed E-state index contributed by atoms with van der Waals surface area (Å²) in [6.07, 6.45) is 0. The van der Waals surface area contributed by atoms with Crippen LogP contribution in [0, 0.1) is 13.8 Å². The fraction of sp³-hybridized carbons (Fsp3) is 0.444. The summed E-state index contributed by atoms with van der Waals surface area (Å²) in [5.41, 5.74) is 1.54. The Labute approximate surface area is 175 Å². The third-order valence-electron chi connectivity index (χ3n) is 4.64. The summed E-state index contributed by atoms with van der Waals surface area (Å²) in [6.45, 7) is 5.33. The number of piperazine rings is 1. The molecule has 0 radical (unpaired) electrons. The molecule has 2 aromatic rings. The average molecular weight is 444 g/mol. The Hall–Kier alpha value is -1.61. The lowest BCUT2D eigenvalue weighted by molar-refractivity contribution is 0.382. The first kappa shape index (κ1) is 21.1. The summed E-state index contributed by atoms with van der Waals surface area (Å²) >= 11 is 12.2. The molecule has 0 aliphatic carbocycles. The number of rotatable bonds is 4. The van der Waals surface area contributed by atoms with Crippen LogP contribution in [0.4, 0.5) is 11.8 Å². The second-order valence-electron chi connectivity index (χ2n) is 6.98. The zero-order chi connectivity index (χ0) is 20.6. The van der Waals surface area contributed by atoms with E-state index in [2.05, 4.69) is 9.97 Å². The van der Waals surface area contributed by atoms with Crippen molar-refractivity contribution in [3.05, 3.63) is 39.5 Å². The SMILES string of the molecule is Cc1cc(N(C)C)nc(N2CCN(S(=O)(=O)c3cc(C)c(Cl)cc3Cl)CC2)n1. The van der Waals surface area contributed by atoms with Gasteiger partial charge in [-0.25, -0.2) is 13.4 Å². The highest BCUT2D eigenvalue weighted by molar-refractivity contribution is 7.89. The molecule has 0 N–H and O–H groups in total. The molecule has 1 aromatic heterocycles. The minimum absolute atomic E-state index is 0.0891. The Morgan fingerprint density at radius 1 is 0.964 bits per heavy atom. The normalized spacial score (nSPS) is 15.7. The summed E-state index contributed by atoms with van der Waals surface area (Å²) in [4.78, 5) is 13.1. The van der Waals surface area contributed by atoms with Crippen LogP contribution in [0.3, 0.4) is 0 Å². The van der Waals surface area contributed by atoms with E-state index in [1.54, 1.807) is 6.92 Å². The van der Waals surface area contributed by atoms with Crippen LogP contribution >= 0.6 is 23.2 Å². The Bertz CT molecular complexity index is 990. The van der Waals surface area contributed by atoms with Gasteiger partial charge in [0.1, 0.15) is 10.7 Å². The van der Waals surface area contributed by atoms with Crippen LogP contribution in [-0.2, 0) is 10.0 Å². The van der Waals surface area contributed by atoms with Crippen molar-refractivity contribution in [1.82, 2.24) is 14.3 Å². The minimum Gasteiger partial charge on any atom is -0.363 e. The Kier molecular flexibility index (Phi) is 6.05. The maximum Gasteiger partial charge on any atom is 0.244 e. The van der Waals surface area contributed by atoms with E-state index in [0.29, 0.717) is 42.7 Å². The van der Waals surface area contributed by atoms with Crippen LogP contribution in [0.15, 0.2) is 23.1 Å². The molecule has 2 heterocycles. The maximum atomic E-state index is 13.1. The fourth-order valence-electron chi connectivity index (χ4n) is 3.00. The maximum absolute atomic E-state index is 13.1. The topological polar surface area (TPSA) is 69.6 Å². The van der Waals surface area contributed by atoms with Crippen LogP contribution in [0.1, 0.15) is 11.3 Å². The smallest absolute Gasteiger partial charge is 0.244 e. The molecule has 0 bridgehead atoms. The monoisotopic (exact) mass is 443 g/mol. The van der Waals surface area contributed by atoms with Gasteiger partial charge in [0.05, 0.1) is 5.02 Å². The first-order chi connectivity index (χ1) is 13.1. The molecule has 1 fully saturated rings. The van der Waals surface area contributed by atoms with Crippen molar-refractivity contribution < 1.29 is 8.42 Å². The molecule has 3 rings (SSSR count). The van der Waals surface area contributed by atoms with E-state index in [1.165, 1.54) is 16.4 Å². The highest BCUT2D eigenvalue weighted by Gasteiger charge is 2.31. The first-order valence-corrected chi connectivity index (χ1v) is 11.0. The van der Waals surface area contributed by atoms with Crippen LogP contribution in [-0.4, -0.2) is 63.0 Å². The Morgan fingerprint density at radius 2 is 1.61 bits per heavy atom. The molecule has 0 atom stereocenters. The van der Waals surface area contributed by atoms with Crippen molar-refractivity contribution in [2.45, 2.75) is 18.7 Å². The van der Waals surface area contributed by atoms with Crippen LogP contribution in [0.2, 0.25) is 10.0 Å². The molecule has 0 saturated carbocycles. The van der Waals surface area contributed by atoms with Gasteiger partial charge in [-0.3, -0.25) is 0 Å². The lowest BCUT2D eigenvalue weighted by Gasteiger charge is -2.34. The van der Waals surface area contributed by atoms with Crippen molar-refractivity contribution in [2.75, 3.05) is 50.1 Å². The molecule has 1 aliphatic rings. The Morgan fingerprint density at radius 3 is 2.21 bits per heavy atom. The van der Waals surface area contributed by atoms with E-state index in [4.69, 9.17) is 23.2 Å². The predicted molar refractivity (Wildman–Crippen MR) is 113 cm³/mol. The number of aromatic nitrogens is 2. The first-order valence-electron chi connectivity index (χ1n) is 8.83. The van der Waals surface area contributed by atoms with Crippen molar-refractivity contribution in [2.24, 2.45) is 0 Å². The molecule has 1 aliphatic heterocycles. The van der Waals surface area contributed by atoms with Crippen LogP contribution in [0.25, 0.3) is 0 Å². The summed E-state index contributed by atoms with van der Waals surface area (Å²) in [7, 11) is 0.149. The second-order valence-corrected chi connectivity index (χ2v) is 9.71. The third-order valence-corrected chi connectivity index (χ3v) is 7.41. The van der Waals surface area contributed by atoms with Gasteiger partial charge in [-0.2, -0.15) is 9.29 Å². The minimum atomic E-state index is -3.70.